The average molecular weight is 322 g/mol. The molecule has 0 radical (unpaired) electrons. The Hall–Kier alpha value is -0.100. The van der Waals surface area contributed by atoms with Gasteiger partial charge in [-0.25, -0.2) is 17.6 Å². The van der Waals surface area contributed by atoms with Gasteiger partial charge in [0.15, 0.2) is 0 Å². The van der Waals surface area contributed by atoms with E-state index in [-0.39, 0.29) is 4.47 Å². The van der Waals surface area contributed by atoms with Crippen LogP contribution in [0.1, 0.15) is 12.0 Å². The molecule has 1 rings (SSSR count). The van der Waals surface area contributed by atoms with E-state index >= 15 is 0 Å². The Bertz CT molecular complexity index is 312. The van der Waals surface area contributed by atoms with Gasteiger partial charge in [-0.1, -0.05) is 0 Å². The number of alkyl halides is 2. The van der Waals surface area contributed by atoms with E-state index in [0.29, 0.717) is 0 Å². The molecule has 0 fully saturated rings. The van der Waals surface area contributed by atoms with Crippen molar-refractivity contribution in [2.24, 2.45) is 0 Å². The Labute approximate surface area is 88.2 Å². The van der Waals surface area contributed by atoms with Gasteiger partial charge in [0, 0.05) is 0 Å². The van der Waals surface area contributed by atoms with Crippen molar-refractivity contribution in [2.45, 2.75) is 6.43 Å². The Kier molecular flexibility index (Phi) is 3.34. The minimum Gasteiger partial charge on any atom is -0.206 e. The molecule has 0 amide bonds. The summed E-state index contributed by atoms with van der Waals surface area (Å²) in [7, 11) is 0. The molecule has 0 N–H and O–H groups in total. The van der Waals surface area contributed by atoms with Crippen LogP contribution in [0.4, 0.5) is 17.6 Å². The van der Waals surface area contributed by atoms with Crippen molar-refractivity contribution in [1.29, 1.82) is 0 Å². The molecule has 6 heteroatoms. The molecule has 0 nitrogen and oxygen atoms in total. The molecule has 0 aliphatic heterocycles. The summed E-state index contributed by atoms with van der Waals surface area (Å²) in [5.74, 6) is -2.08. The van der Waals surface area contributed by atoms with Crippen LogP contribution in [0, 0.1) is 11.6 Å². The fourth-order valence-corrected chi connectivity index (χ4v) is 1.66. The van der Waals surface area contributed by atoms with Gasteiger partial charge in [0.05, 0.1) is 14.5 Å². The van der Waals surface area contributed by atoms with E-state index in [0.717, 1.165) is 6.07 Å². The summed E-state index contributed by atoms with van der Waals surface area (Å²) in [6.07, 6.45) is -3.05. The molecule has 0 unspecified atom stereocenters. The molecule has 72 valence electrons. The second-order valence-corrected chi connectivity index (χ2v) is 3.83. The van der Waals surface area contributed by atoms with Crippen LogP contribution in [0.2, 0.25) is 0 Å². The Morgan fingerprint density at radius 3 is 2.15 bits per heavy atom. The van der Waals surface area contributed by atoms with Crippen molar-refractivity contribution >= 4 is 31.9 Å². The van der Waals surface area contributed by atoms with Gasteiger partial charge in [-0.15, -0.1) is 0 Å². The number of hydrogen-bond donors (Lipinski definition) is 0. The number of halogens is 6. The molecule has 0 heterocycles. The lowest BCUT2D eigenvalue weighted by atomic mass is 10.2. The van der Waals surface area contributed by atoms with Gasteiger partial charge in [0.2, 0.25) is 0 Å². The molecule has 1 aromatic rings. The number of benzene rings is 1. The minimum atomic E-state index is -3.05. The van der Waals surface area contributed by atoms with Crippen molar-refractivity contribution in [3.63, 3.8) is 0 Å². The fraction of sp³-hybridized carbons (Fsp3) is 0.143. The van der Waals surface area contributed by atoms with Crippen molar-refractivity contribution in [1.82, 2.24) is 0 Å². The lowest BCUT2D eigenvalue weighted by molar-refractivity contribution is 0.144. The largest absolute Gasteiger partial charge is 0.267 e. The van der Waals surface area contributed by atoms with E-state index < -0.39 is 28.1 Å². The SMILES string of the molecule is Fc1cc(Br)c(F)c(C(F)F)c1Br. The smallest absolute Gasteiger partial charge is 0.206 e. The molecular formula is C7H2Br2F4. The Morgan fingerprint density at radius 1 is 1.15 bits per heavy atom. The van der Waals surface area contributed by atoms with Gasteiger partial charge in [0.25, 0.3) is 6.43 Å². The molecule has 0 aromatic heterocycles. The maximum Gasteiger partial charge on any atom is 0.267 e. The fourth-order valence-electron chi connectivity index (χ4n) is 0.783. The van der Waals surface area contributed by atoms with Crippen LogP contribution in [0.3, 0.4) is 0 Å². The highest BCUT2D eigenvalue weighted by Crippen LogP contribution is 2.35. The molecule has 0 saturated heterocycles. The van der Waals surface area contributed by atoms with Crippen LogP contribution < -0.4 is 0 Å². The van der Waals surface area contributed by atoms with Crippen LogP contribution in [0.5, 0.6) is 0 Å². The van der Waals surface area contributed by atoms with Crippen molar-refractivity contribution in [3.8, 4) is 0 Å². The third-order valence-electron chi connectivity index (χ3n) is 1.36. The van der Waals surface area contributed by atoms with Crippen LogP contribution in [-0.4, -0.2) is 0 Å². The second kappa shape index (κ2) is 3.96. The summed E-state index contributed by atoms with van der Waals surface area (Å²) in [5, 5.41) is 0. The van der Waals surface area contributed by atoms with Crippen LogP contribution in [-0.2, 0) is 0 Å². The third-order valence-corrected chi connectivity index (χ3v) is 2.75. The maximum absolute atomic E-state index is 13.0. The lowest BCUT2D eigenvalue weighted by Crippen LogP contribution is -1.96. The zero-order valence-electron chi connectivity index (χ0n) is 5.92. The predicted molar refractivity (Wildman–Crippen MR) is 46.7 cm³/mol. The minimum absolute atomic E-state index is 0.316. The van der Waals surface area contributed by atoms with Crippen molar-refractivity contribution in [3.05, 3.63) is 32.2 Å². The highest BCUT2D eigenvalue weighted by molar-refractivity contribution is 9.11. The first-order valence-electron chi connectivity index (χ1n) is 3.06. The van der Waals surface area contributed by atoms with Gasteiger partial charge in [-0.2, -0.15) is 0 Å². The first kappa shape index (κ1) is 11.0. The van der Waals surface area contributed by atoms with E-state index in [1.807, 2.05) is 0 Å². The van der Waals surface area contributed by atoms with E-state index in [2.05, 4.69) is 31.9 Å². The van der Waals surface area contributed by atoms with Gasteiger partial charge >= 0.3 is 0 Å². The molecule has 0 saturated carbocycles. The standard InChI is InChI=1S/C7H2Br2F4/c8-2-1-3(10)5(9)4(6(2)11)7(12)13/h1,7H. The molecular weight excluding hydrogens is 320 g/mol. The van der Waals surface area contributed by atoms with Crippen LogP contribution in [0.15, 0.2) is 15.0 Å². The van der Waals surface area contributed by atoms with Crippen LogP contribution >= 0.6 is 31.9 Å². The molecule has 0 aliphatic carbocycles. The predicted octanol–water partition coefficient (Wildman–Crippen LogP) is 4.43. The number of hydrogen-bond acceptors (Lipinski definition) is 0. The summed E-state index contributed by atoms with van der Waals surface area (Å²) >= 11 is 5.18. The molecule has 0 spiro atoms. The normalized spacial score (nSPS) is 11.0. The third kappa shape index (κ3) is 2.04. The van der Waals surface area contributed by atoms with Crippen molar-refractivity contribution < 1.29 is 17.6 Å². The Morgan fingerprint density at radius 2 is 1.69 bits per heavy atom. The second-order valence-electron chi connectivity index (χ2n) is 2.18. The van der Waals surface area contributed by atoms with Gasteiger partial charge in [-0.3, -0.25) is 0 Å². The van der Waals surface area contributed by atoms with Crippen LogP contribution in [0.25, 0.3) is 0 Å². The first-order chi connectivity index (χ1) is 5.95. The first-order valence-corrected chi connectivity index (χ1v) is 4.64. The highest BCUT2D eigenvalue weighted by Gasteiger charge is 2.22. The summed E-state index contributed by atoms with van der Waals surface area (Å²) < 4.78 is 49.3. The van der Waals surface area contributed by atoms with E-state index in [9.17, 15) is 17.6 Å². The topological polar surface area (TPSA) is 0 Å². The number of rotatable bonds is 1. The summed E-state index contributed by atoms with van der Waals surface area (Å²) in [4.78, 5) is 0. The average Bonchev–Trinajstić information content (AvgIpc) is 2.01. The molecule has 0 aliphatic rings. The van der Waals surface area contributed by atoms with Crippen molar-refractivity contribution in [2.75, 3.05) is 0 Å². The summed E-state index contributed by atoms with van der Waals surface area (Å²) in [5.41, 5.74) is -0.966. The molecule has 0 bridgehead atoms. The van der Waals surface area contributed by atoms with E-state index in [1.165, 1.54) is 0 Å². The zero-order valence-corrected chi connectivity index (χ0v) is 9.09. The van der Waals surface area contributed by atoms with Gasteiger partial charge < -0.3 is 0 Å². The lowest BCUT2D eigenvalue weighted by Gasteiger charge is -2.07. The Balaban J connectivity index is 3.46. The molecule has 13 heavy (non-hydrogen) atoms. The maximum atomic E-state index is 13.0. The molecule has 1 aromatic carbocycles. The molecule has 0 atom stereocenters. The highest BCUT2D eigenvalue weighted by atomic mass is 79.9. The summed E-state index contributed by atoms with van der Waals surface area (Å²) in [6, 6.07) is 0.783. The zero-order chi connectivity index (χ0) is 10.2. The van der Waals surface area contributed by atoms with Gasteiger partial charge in [-0.05, 0) is 37.9 Å². The van der Waals surface area contributed by atoms with E-state index in [1.54, 1.807) is 0 Å². The van der Waals surface area contributed by atoms with E-state index in [4.69, 9.17) is 0 Å². The quantitative estimate of drug-likeness (QED) is 0.530. The van der Waals surface area contributed by atoms with Gasteiger partial charge in [0.1, 0.15) is 11.6 Å². The summed E-state index contributed by atoms with van der Waals surface area (Å²) in [6.45, 7) is 0. The monoisotopic (exact) mass is 320 g/mol.